The molecule has 0 aliphatic carbocycles. The van der Waals surface area contributed by atoms with E-state index in [4.69, 9.17) is 0 Å². The van der Waals surface area contributed by atoms with Gasteiger partial charge < -0.3 is 5.11 Å². The van der Waals surface area contributed by atoms with Gasteiger partial charge in [-0.05, 0) is 42.0 Å². The van der Waals surface area contributed by atoms with E-state index in [0.717, 1.165) is 28.5 Å². The zero-order chi connectivity index (χ0) is 20.3. The van der Waals surface area contributed by atoms with E-state index in [1.165, 1.54) is 0 Å². The highest BCUT2D eigenvalue weighted by Gasteiger charge is 2.55. The van der Waals surface area contributed by atoms with Gasteiger partial charge in [-0.3, -0.25) is 0 Å². The molecule has 1 unspecified atom stereocenters. The van der Waals surface area contributed by atoms with Gasteiger partial charge in [-0.1, -0.05) is 68.5 Å². The maximum Gasteiger partial charge on any atom is 0.418 e. The van der Waals surface area contributed by atoms with Gasteiger partial charge in [0.1, 0.15) is 0 Å². The third-order valence-corrected chi connectivity index (χ3v) is 5.90. The van der Waals surface area contributed by atoms with Crippen molar-refractivity contribution in [3.63, 3.8) is 0 Å². The number of hydrogen-bond acceptors (Lipinski definition) is 2. The summed E-state index contributed by atoms with van der Waals surface area (Å²) in [5.74, 6) is -0.459. The van der Waals surface area contributed by atoms with Crippen molar-refractivity contribution in [2.45, 2.75) is 49.3 Å². The first-order valence-corrected chi connectivity index (χ1v) is 9.68. The zero-order valence-electron chi connectivity index (χ0n) is 15.8. The van der Waals surface area contributed by atoms with Gasteiger partial charge in [0, 0.05) is 10.6 Å². The Morgan fingerprint density at radius 3 is 2.19 bits per heavy atom. The van der Waals surface area contributed by atoms with Crippen LogP contribution in [0.1, 0.15) is 37.0 Å². The lowest BCUT2D eigenvalue weighted by Crippen LogP contribution is -2.51. The van der Waals surface area contributed by atoms with Gasteiger partial charge in [0.15, 0.2) is 5.60 Å². The number of thioether (sulfide) groups is 1. The summed E-state index contributed by atoms with van der Waals surface area (Å²) < 4.78 is 41.4. The Balaban J connectivity index is 2.29. The maximum atomic E-state index is 13.8. The van der Waals surface area contributed by atoms with Gasteiger partial charge in [-0.2, -0.15) is 13.2 Å². The van der Waals surface area contributed by atoms with E-state index >= 15 is 0 Å². The predicted molar refractivity (Wildman–Crippen MR) is 107 cm³/mol. The van der Waals surface area contributed by atoms with Crippen LogP contribution in [-0.2, 0) is 5.41 Å². The standard InChI is InChI=1S/C22H25F3OS/c1-5-17-8-6-7-9-19(17)20(3,4)14-21(26,22(23,24)25)15-27-18-12-10-16(2)11-13-18/h5-13,26H,1,14-15H2,2-4H3. The highest BCUT2D eigenvalue weighted by Crippen LogP contribution is 2.44. The Bertz CT molecular complexity index is 781. The summed E-state index contributed by atoms with van der Waals surface area (Å²) in [6.45, 7) is 9.11. The summed E-state index contributed by atoms with van der Waals surface area (Å²) in [6.07, 6.45) is -3.54. The lowest BCUT2D eigenvalue weighted by Gasteiger charge is -2.38. The van der Waals surface area contributed by atoms with Crippen LogP contribution in [0.3, 0.4) is 0 Å². The summed E-state index contributed by atoms with van der Waals surface area (Å²) in [7, 11) is 0. The van der Waals surface area contributed by atoms with Crippen molar-refractivity contribution in [2.24, 2.45) is 0 Å². The highest BCUT2D eigenvalue weighted by atomic mass is 32.2. The van der Waals surface area contributed by atoms with Crippen molar-refractivity contribution >= 4 is 17.8 Å². The number of rotatable bonds is 7. The second-order valence-corrected chi connectivity index (χ2v) is 8.53. The van der Waals surface area contributed by atoms with E-state index in [1.807, 2.05) is 31.2 Å². The summed E-state index contributed by atoms with van der Waals surface area (Å²) in [4.78, 5) is 0.701. The predicted octanol–water partition coefficient (Wildman–Crippen LogP) is 6.39. The lowest BCUT2D eigenvalue weighted by molar-refractivity contribution is -0.256. The first-order chi connectivity index (χ1) is 12.5. The topological polar surface area (TPSA) is 20.2 Å². The smallest absolute Gasteiger partial charge is 0.380 e. The van der Waals surface area contributed by atoms with E-state index in [-0.39, 0.29) is 0 Å². The second kappa shape index (κ2) is 8.11. The SMILES string of the molecule is C=Cc1ccccc1C(C)(C)CC(O)(CSc1ccc(C)cc1)C(F)(F)F. The van der Waals surface area contributed by atoms with Crippen molar-refractivity contribution in [1.82, 2.24) is 0 Å². The van der Waals surface area contributed by atoms with Crippen LogP contribution < -0.4 is 0 Å². The molecule has 0 aliphatic heterocycles. The molecule has 1 atom stereocenters. The van der Waals surface area contributed by atoms with Gasteiger partial charge in [-0.25, -0.2) is 0 Å². The molecule has 0 saturated heterocycles. The molecule has 1 N–H and O–H groups in total. The van der Waals surface area contributed by atoms with Crippen LogP contribution in [0, 0.1) is 6.92 Å². The Morgan fingerprint density at radius 1 is 1.04 bits per heavy atom. The normalized spacial score (nSPS) is 14.6. The molecule has 2 rings (SSSR count). The fourth-order valence-corrected chi connectivity index (χ4v) is 4.19. The summed E-state index contributed by atoms with van der Waals surface area (Å²) >= 11 is 1.02. The number of benzene rings is 2. The van der Waals surface area contributed by atoms with Gasteiger partial charge in [0.2, 0.25) is 0 Å². The van der Waals surface area contributed by atoms with E-state index < -0.39 is 29.4 Å². The molecule has 0 radical (unpaired) electrons. The Hall–Kier alpha value is -1.72. The van der Waals surface area contributed by atoms with Gasteiger partial charge in [-0.15, -0.1) is 11.8 Å². The number of aryl methyl sites for hydroxylation is 1. The van der Waals surface area contributed by atoms with Crippen molar-refractivity contribution in [1.29, 1.82) is 0 Å². The minimum absolute atomic E-state index is 0.437. The molecule has 2 aromatic carbocycles. The minimum Gasteiger partial charge on any atom is -0.380 e. The summed E-state index contributed by atoms with van der Waals surface area (Å²) in [5, 5.41) is 10.7. The van der Waals surface area contributed by atoms with Crippen LogP contribution in [0.25, 0.3) is 6.08 Å². The third kappa shape index (κ3) is 5.17. The molecule has 146 valence electrons. The van der Waals surface area contributed by atoms with Gasteiger partial charge >= 0.3 is 6.18 Å². The monoisotopic (exact) mass is 394 g/mol. The van der Waals surface area contributed by atoms with Crippen LogP contribution in [0.2, 0.25) is 0 Å². The molecule has 0 fully saturated rings. The molecule has 0 spiro atoms. The molecule has 1 nitrogen and oxygen atoms in total. The van der Waals surface area contributed by atoms with Crippen molar-refractivity contribution in [2.75, 3.05) is 5.75 Å². The first-order valence-electron chi connectivity index (χ1n) is 8.69. The van der Waals surface area contributed by atoms with E-state index in [2.05, 4.69) is 6.58 Å². The zero-order valence-corrected chi connectivity index (χ0v) is 16.6. The summed E-state index contributed by atoms with van der Waals surface area (Å²) in [5.41, 5.74) is -1.14. The number of alkyl halides is 3. The molecule has 0 aromatic heterocycles. The second-order valence-electron chi connectivity index (χ2n) is 7.48. The van der Waals surface area contributed by atoms with Crippen LogP contribution in [0.5, 0.6) is 0 Å². The fourth-order valence-electron chi connectivity index (χ4n) is 3.19. The lowest BCUT2D eigenvalue weighted by atomic mass is 9.74. The van der Waals surface area contributed by atoms with Gasteiger partial charge in [0.05, 0.1) is 0 Å². The molecule has 0 aliphatic rings. The molecule has 5 heteroatoms. The van der Waals surface area contributed by atoms with Crippen molar-refractivity contribution in [3.8, 4) is 0 Å². The van der Waals surface area contributed by atoms with E-state index in [1.54, 1.807) is 44.2 Å². The molecule has 0 heterocycles. The fraction of sp³-hybridized carbons (Fsp3) is 0.364. The molecule has 0 bridgehead atoms. The molecular weight excluding hydrogens is 369 g/mol. The molecule has 0 saturated carbocycles. The Labute approximate surface area is 163 Å². The molecule has 2 aromatic rings. The largest absolute Gasteiger partial charge is 0.418 e. The first kappa shape index (κ1) is 21.6. The Morgan fingerprint density at radius 2 is 1.63 bits per heavy atom. The molecule has 0 amide bonds. The van der Waals surface area contributed by atoms with Crippen molar-refractivity contribution in [3.05, 3.63) is 71.8 Å². The minimum atomic E-state index is -4.73. The number of aliphatic hydroxyl groups is 1. The number of halogens is 3. The van der Waals surface area contributed by atoms with Crippen LogP contribution in [-0.4, -0.2) is 22.6 Å². The van der Waals surface area contributed by atoms with Crippen molar-refractivity contribution < 1.29 is 18.3 Å². The molecular formula is C22H25F3OS. The van der Waals surface area contributed by atoms with Gasteiger partial charge in [0.25, 0.3) is 0 Å². The third-order valence-electron chi connectivity index (χ3n) is 4.67. The molecule has 27 heavy (non-hydrogen) atoms. The van der Waals surface area contributed by atoms with E-state index in [0.29, 0.717) is 4.90 Å². The van der Waals surface area contributed by atoms with Crippen LogP contribution in [0.4, 0.5) is 13.2 Å². The van der Waals surface area contributed by atoms with Crippen LogP contribution >= 0.6 is 11.8 Å². The summed E-state index contributed by atoms with van der Waals surface area (Å²) in [6, 6.07) is 14.5. The maximum absolute atomic E-state index is 13.8. The van der Waals surface area contributed by atoms with E-state index in [9.17, 15) is 18.3 Å². The van der Waals surface area contributed by atoms with Crippen LogP contribution in [0.15, 0.2) is 60.0 Å². The average Bonchev–Trinajstić information content (AvgIpc) is 2.60. The number of hydrogen-bond donors (Lipinski definition) is 1. The average molecular weight is 395 g/mol. The highest BCUT2D eigenvalue weighted by molar-refractivity contribution is 7.99. The Kier molecular flexibility index (Phi) is 6.48. The quantitative estimate of drug-likeness (QED) is 0.549.